The van der Waals surface area contributed by atoms with E-state index in [1.807, 2.05) is 36.4 Å². The molecule has 0 radical (unpaired) electrons. The normalized spacial score (nSPS) is 13.4. The Hall–Kier alpha value is -2.91. The Bertz CT molecular complexity index is 1110. The van der Waals surface area contributed by atoms with Crippen molar-refractivity contribution in [2.45, 2.75) is 6.42 Å². The van der Waals surface area contributed by atoms with Gasteiger partial charge in [-0.1, -0.05) is 30.3 Å². The minimum atomic E-state index is -3.50. The highest BCUT2D eigenvalue weighted by Gasteiger charge is 2.18. The molecule has 0 unspecified atom stereocenters. The molecule has 0 saturated heterocycles. The first-order valence-electron chi connectivity index (χ1n) is 8.55. The summed E-state index contributed by atoms with van der Waals surface area (Å²) in [4.78, 5) is 15.8. The first kappa shape index (κ1) is 18.5. The Morgan fingerprint density at radius 3 is 2.82 bits per heavy atom. The average molecular weight is 415 g/mol. The van der Waals surface area contributed by atoms with E-state index in [0.29, 0.717) is 28.7 Å². The first-order chi connectivity index (χ1) is 13.5. The average Bonchev–Trinajstić information content (AvgIpc) is 3.14. The van der Waals surface area contributed by atoms with Crippen molar-refractivity contribution < 1.29 is 17.9 Å². The molecule has 9 heteroatoms. The van der Waals surface area contributed by atoms with Crippen LogP contribution in [-0.4, -0.2) is 31.7 Å². The highest BCUT2D eigenvalue weighted by molar-refractivity contribution is 7.92. The van der Waals surface area contributed by atoms with Crippen LogP contribution in [0.25, 0.3) is 11.3 Å². The zero-order valence-electron chi connectivity index (χ0n) is 14.7. The second-order valence-electron chi connectivity index (χ2n) is 6.24. The van der Waals surface area contributed by atoms with Crippen molar-refractivity contribution in [2.75, 3.05) is 22.4 Å². The number of sulfonamides is 1. The maximum atomic E-state index is 12.3. The number of fused-ring (bicyclic) bond motifs is 1. The molecule has 28 heavy (non-hydrogen) atoms. The van der Waals surface area contributed by atoms with Gasteiger partial charge in [-0.05, 0) is 30.2 Å². The van der Waals surface area contributed by atoms with Gasteiger partial charge in [0.2, 0.25) is 10.0 Å². The summed E-state index contributed by atoms with van der Waals surface area (Å²) in [6, 6.07) is 14.8. The minimum Gasteiger partial charge on any atom is -0.482 e. The molecule has 0 fully saturated rings. The van der Waals surface area contributed by atoms with Gasteiger partial charge in [0.15, 0.2) is 11.7 Å². The minimum absolute atomic E-state index is 0.00203. The maximum Gasteiger partial charge on any atom is 0.262 e. The Morgan fingerprint density at radius 2 is 2.00 bits per heavy atom. The van der Waals surface area contributed by atoms with E-state index >= 15 is 0 Å². The van der Waals surface area contributed by atoms with Crippen LogP contribution in [-0.2, 0) is 21.2 Å². The fraction of sp³-hybridized carbons (Fsp3) is 0.158. The van der Waals surface area contributed by atoms with Crippen LogP contribution in [0, 0.1) is 0 Å². The Balaban J connectivity index is 1.45. The molecule has 0 saturated carbocycles. The van der Waals surface area contributed by atoms with Crippen LogP contribution in [0.1, 0.15) is 5.56 Å². The molecule has 0 atom stereocenters. The second kappa shape index (κ2) is 7.61. The Kier molecular flexibility index (Phi) is 5.01. The molecule has 3 aromatic rings. The molecule has 0 spiro atoms. The lowest BCUT2D eigenvalue weighted by atomic mass is 10.1. The monoisotopic (exact) mass is 415 g/mol. The highest BCUT2D eigenvalue weighted by atomic mass is 32.2. The molecule has 2 heterocycles. The SMILES string of the molecule is O=C1COc2ccc(-c3csc(NS(=O)(=O)CCc4ccccc4)n3)cc2N1. The van der Waals surface area contributed by atoms with E-state index in [0.717, 1.165) is 11.1 Å². The van der Waals surface area contributed by atoms with Gasteiger partial charge in [0.25, 0.3) is 5.91 Å². The molecule has 4 rings (SSSR count). The number of benzene rings is 2. The van der Waals surface area contributed by atoms with Crippen LogP contribution in [0.5, 0.6) is 5.75 Å². The third-order valence-corrected chi connectivity index (χ3v) is 6.29. The number of thiazole rings is 1. The lowest BCUT2D eigenvalue weighted by Crippen LogP contribution is -2.25. The molecule has 1 aliphatic heterocycles. The summed E-state index contributed by atoms with van der Waals surface area (Å²) >= 11 is 1.21. The number of hydrogen-bond donors (Lipinski definition) is 2. The fourth-order valence-electron chi connectivity index (χ4n) is 2.78. The van der Waals surface area contributed by atoms with E-state index in [1.54, 1.807) is 17.5 Å². The number of anilines is 2. The van der Waals surface area contributed by atoms with Gasteiger partial charge in [0, 0.05) is 10.9 Å². The lowest BCUT2D eigenvalue weighted by Gasteiger charge is -2.18. The van der Waals surface area contributed by atoms with Crippen LogP contribution in [0.4, 0.5) is 10.8 Å². The third kappa shape index (κ3) is 4.32. The number of nitrogens with one attached hydrogen (secondary N) is 2. The molecule has 0 bridgehead atoms. The van der Waals surface area contributed by atoms with Crippen LogP contribution in [0.3, 0.4) is 0 Å². The molecule has 1 aliphatic rings. The molecule has 0 aliphatic carbocycles. The number of ether oxygens (including phenoxy) is 1. The summed E-state index contributed by atoms with van der Waals surface area (Å²) in [7, 11) is -3.50. The first-order valence-corrected chi connectivity index (χ1v) is 11.1. The van der Waals surface area contributed by atoms with Gasteiger partial charge in [0.1, 0.15) is 5.75 Å². The number of carbonyl (C=O) groups is 1. The molecule has 2 N–H and O–H groups in total. The Morgan fingerprint density at radius 1 is 1.18 bits per heavy atom. The van der Waals surface area contributed by atoms with E-state index in [-0.39, 0.29) is 18.3 Å². The quantitative estimate of drug-likeness (QED) is 0.645. The predicted octanol–water partition coefficient (Wildman–Crippen LogP) is 3.13. The molecule has 1 aromatic heterocycles. The van der Waals surface area contributed by atoms with Crippen molar-refractivity contribution in [2.24, 2.45) is 0 Å². The van der Waals surface area contributed by atoms with Crippen molar-refractivity contribution in [1.29, 1.82) is 0 Å². The number of nitrogens with zero attached hydrogens (tertiary/aromatic N) is 1. The van der Waals surface area contributed by atoms with Crippen molar-refractivity contribution in [3.63, 3.8) is 0 Å². The smallest absolute Gasteiger partial charge is 0.262 e. The van der Waals surface area contributed by atoms with E-state index in [9.17, 15) is 13.2 Å². The topological polar surface area (TPSA) is 97.4 Å². The van der Waals surface area contributed by atoms with Gasteiger partial charge in [-0.25, -0.2) is 13.4 Å². The van der Waals surface area contributed by atoms with Gasteiger partial charge < -0.3 is 10.1 Å². The summed E-state index contributed by atoms with van der Waals surface area (Å²) < 4.78 is 32.5. The zero-order chi connectivity index (χ0) is 19.6. The van der Waals surface area contributed by atoms with E-state index < -0.39 is 10.0 Å². The third-order valence-electron chi connectivity index (χ3n) is 4.16. The van der Waals surface area contributed by atoms with Gasteiger partial charge in [0.05, 0.1) is 17.1 Å². The molecular weight excluding hydrogens is 398 g/mol. The van der Waals surface area contributed by atoms with Crippen LogP contribution in [0.2, 0.25) is 0 Å². The summed E-state index contributed by atoms with van der Waals surface area (Å²) in [5.74, 6) is 0.365. The largest absolute Gasteiger partial charge is 0.482 e. The van der Waals surface area contributed by atoms with Gasteiger partial charge in [-0.3, -0.25) is 9.52 Å². The van der Waals surface area contributed by atoms with Crippen molar-refractivity contribution in [3.8, 4) is 17.0 Å². The summed E-state index contributed by atoms with van der Waals surface area (Å²) in [6.07, 6.45) is 0.429. The maximum absolute atomic E-state index is 12.3. The molecular formula is C19H17N3O4S2. The number of amides is 1. The van der Waals surface area contributed by atoms with Crippen molar-refractivity contribution >= 4 is 38.1 Å². The summed E-state index contributed by atoms with van der Waals surface area (Å²) in [6.45, 7) is -0.00203. The van der Waals surface area contributed by atoms with E-state index in [1.165, 1.54) is 11.3 Å². The number of aromatic nitrogens is 1. The van der Waals surface area contributed by atoms with Crippen molar-refractivity contribution in [1.82, 2.24) is 4.98 Å². The molecule has 144 valence electrons. The molecule has 1 amide bonds. The Labute approximate surface area is 166 Å². The predicted molar refractivity (Wildman–Crippen MR) is 109 cm³/mol. The fourth-order valence-corrected chi connectivity index (χ4v) is 4.83. The second-order valence-corrected chi connectivity index (χ2v) is 8.94. The van der Waals surface area contributed by atoms with Gasteiger partial charge >= 0.3 is 0 Å². The van der Waals surface area contributed by atoms with Gasteiger partial charge in [-0.15, -0.1) is 11.3 Å². The van der Waals surface area contributed by atoms with Crippen LogP contribution < -0.4 is 14.8 Å². The number of carbonyl (C=O) groups excluding carboxylic acids is 1. The van der Waals surface area contributed by atoms with Gasteiger partial charge in [-0.2, -0.15) is 0 Å². The molecule has 7 nitrogen and oxygen atoms in total. The van der Waals surface area contributed by atoms with Crippen molar-refractivity contribution in [3.05, 3.63) is 59.5 Å². The van der Waals surface area contributed by atoms with Crippen LogP contribution in [0.15, 0.2) is 53.9 Å². The number of aryl methyl sites for hydroxylation is 1. The van der Waals surface area contributed by atoms with E-state index in [4.69, 9.17) is 4.74 Å². The summed E-state index contributed by atoms with van der Waals surface area (Å²) in [5.41, 5.74) is 2.92. The number of rotatable bonds is 6. The van der Waals surface area contributed by atoms with E-state index in [2.05, 4.69) is 15.0 Å². The summed E-state index contributed by atoms with van der Waals surface area (Å²) in [5, 5.41) is 4.82. The lowest BCUT2D eigenvalue weighted by molar-refractivity contribution is -0.118. The number of hydrogen-bond acceptors (Lipinski definition) is 6. The molecule has 2 aromatic carbocycles. The van der Waals surface area contributed by atoms with Crippen LogP contribution >= 0.6 is 11.3 Å². The zero-order valence-corrected chi connectivity index (χ0v) is 16.3. The highest BCUT2D eigenvalue weighted by Crippen LogP contribution is 2.33. The standard InChI is InChI=1S/C19H17N3O4S2/c23-18-11-26-17-7-6-14(10-15(17)20-18)16-12-27-19(21-16)22-28(24,25)9-8-13-4-2-1-3-5-13/h1-7,10,12H,8-9,11H2,(H,20,23)(H,21,22).